The Morgan fingerprint density at radius 3 is 2.74 bits per heavy atom. The highest BCUT2D eigenvalue weighted by molar-refractivity contribution is 5.88. The van der Waals surface area contributed by atoms with Crippen LogP contribution in [-0.2, 0) is 11.2 Å². The number of aromatic nitrogens is 1. The van der Waals surface area contributed by atoms with Crippen molar-refractivity contribution >= 4 is 16.8 Å². The summed E-state index contributed by atoms with van der Waals surface area (Å²) in [5.74, 6) is 2.80. The molecule has 0 saturated heterocycles. The van der Waals surface area contributed by atoms with Crippen LogP contribution in [0.25, 0.3) is 10.9 Å². The molecular weight excluding hydrogens is 342 g/mol. The molecule has 2 bridgehead atoms. The predicted octanol–water partition coefficient (Wildman–Crippen LogP) is 2.61. The second kappa shape index (κ2) is 7.43. The number of nitrogens with one attached hydrogen (secondary N) is 2. The third kappa shape index (κ3) is 3.38. The fraction of sp³-hybridized carbons (Fsp3) is 0.571. The molecule has 1 aromatic heterocycles. The lowest BCUT2D eigenvalue weighted by atomic mass is 9.84. The van der Waals surface area contributed by atoms with E-state index in [1.165, 1.54) is 6.42 Å². The summed E-state index contributed by atoms with van der Waals surface area (Å²) in [6.07, 6.45) is 5.25. The quantitative estimate of drug-likeness (QED) is 0.653. The van der Waals surface area contributed by atoms with Crippen molar-refractivity contribution in [3.05, 3.63) is 23.9 Å². The van der Waals surface area contributed by atoms with Gasteiger partial charge >= 0.3 is 0 Å². The Bertz CT molecular complexity index is 829. The Labute approximate surface area is 159 Å². The molecule has 6 nitrogen and oxygen atoms in total. The van der Waals surface area contributed by atoms with E-state index < -0.39 is 0 Å². The highest BCUT2D eigenvalue weighted by atomic mass is 16.5. The van der Waals surface area contributed by atoms with E-state index in [9.17, 15) is 4.79 Å². The van der Waals surface area contributed by atoms with Gasteiger partial charge in [-0.15, -0.1) is 0 Å². The van der Waals surface area contributed by atoms with Gasteiger partial charge in [-0.3, -0.25) is 4.79 Å². The number of methoxy groups -OCH3 is 2. The van der Waals surface area contributed by atoms with Crippen molar-refractivity contribution < 1.29 is 14.3 Å². The number of hydrogen-bond donors (Lipinski definition) is 3. The second-order valence-corrected chi connectivity index (χ2v) is 7.92. The van der Waals surface area contributed by atoms with Crippen molar-refractivity contribution in [2.75, 3.05) is 20.8 Å². The van der Waals surface area contributed by atoms with Gasteiger partial charge in [0, 0.05) is 35.8 Å². The minimum atomic E-state index is 0.0218. The van der Waals surface area contributed by atoms with Crippen molar-refractivity contribution in [1.29, 1.82) is 0 Å². The number of benzene rings is 1. The number of carbonyl (C=O) groups is 1. The Kier molecular flexibility index (Phi) is 5.00. The van der Waals surface area contributed by atoms with E-state index in [4.69, 9.17) is 15.2 Å². The number of rotatable bonds is 7. The van der Waals surface area contributed by atoms with Crippen LogP contribution in [-0.4, -0.2) is 37.7 Å². The van der Waals surface area contributed by atoms with Gasteiger partial charge in [0.05, 0.1) is 25.7 Å². The summed E-state index contributed by atoms with van der Waals surface area (Å²) in [5.41, 5.74) is 8.39. The first-order chi connectivity index (χ1) is 13.1. The number of hydrogen-bond acceptors (Lipinski definition) is 4. The molecule has 1 aromatic carbocycles. The molecule has 0 radical (unpaired) electrons. The van der Waals surface area contributed by atoms with Crippen molar-refractivity contribution in [2.45, 2.75) is 38.1 Å². The molecule has 4 atom stereocenters. The van der Waals surface area contributed by atoms with Crippen LogP contribution in [0.3, 0.4) is 0 Å². The van der Waals surface area contributed by atoms with Gasteiger partial charge in [-0.1, -0.05) is 0 Å². The van der Waals surface area contributed by atoms with E-state index >= 15 is 0 Å². The maximum Gasteiger partial charge on any atom is 0.224 e. The number of amides is 1. The number of fused-ring (bicyclic) bond motifs is 3. The van der Waals surface area contributed by atoms with Gasteiger partial charge in [0.25, 0.3) is 0 Å². The molecule has 0 spiro atoms. The average molecular weight is 371 g/mol. The standard InChI is InChI=1S/C21H29N3O3/c1-26-15-10-17-16(18(11-15)27-2)9-14(24-17)4-3-7-23-21(25)19-12-5-6-13(8-12)20(19)22/h9-13,19-20,24H,3-8,22H2,1-2H3,(H,23,25). The number of nitrogens with two attached hydrogens (primary N) is 1. The molecule has 6 heteroatoms. The summed E-state index contributed by atoms with van der Waals surface area (Å²) < 4.78 is 10.8. The highest BCUT2D eigenvalue weighted by Crippen LogP contribution is 2.47. The summed E-state index contributed by atoms with van der Waals surface area (Å²) >= 11 is 0. The van der Waals surface area contributed by atoms with Gasteiger partial charge < -0.3 is 25.5 Å². The topological polar surface area (TPSA) is 89.4 Å². The minimum absolute atomic E-state index is 0.0218. The van der Waals surface area contributed by atoms with Gasteiger partial charge in [0.1, 0.15) is 11.5 Å². The van der Waals surface area contributed by atoms with Crippen LogP contribution >= 0.6 is 0 Å². The first-order valence-electron chi connectivity index (χ1n) is 9.87. The number of carbonyl (C=O) groups excluding carboxylic acids is 1. The molecular formula is C21H29N3O3. The third-order valence-electron chi connectivity index (χ3n) is 6.39. The largest absolute Gasteiger partial charge is 0.497 e. The zero-order chi connectivity index (χ0) is 19.0. The fourth-order valence-corrected chi connectivity index (χ4v) is 4.99. The number of H-pyrrole nitrogens is 1. The van der Waals surface area contributed by atoms with Gasteiger partial charge in [-0.05, 0) is 50.0 Å². The average Bonchev–Trinajstić information content (AvgIpc) is 3.38. The van der Waals surface area contributed by atoms with E-state index in [2.05, 4.69) is 16.4 Å². The lowest BCUT2D eigenvalue weighted by Gasteiger charge is -2.27. The maximum absolute atomic E-state index is 12.5. The third-order valence-corrected chi connectivity index (χ3v) is 6.39. The summed E-state index contributed by atoms with van der Waals surface area (Å²) in [7, 11) is 3.31. The Morgan fingerprint density at radius 2 is 2.04 bits per heavy atom. The van der Waals surface area contributed by atoms with E-state index in [-0.39, 0.29) is 17.9 Å². The predicted molar refractivity (Wildman–Crippen MR) is 105 cm³/mol. The first-order valence-corrected chi connectivity index (χ1v) is 9.87. The Balaban J connectivity index is 1.32. The number of ether oxygens (including phenoxy) is 2. The van der Waals surface area contributed by atoms with Crippen LogP contribution in [0.15, 0.2) is 18.2 Å². The van der Waals surface area contributed by atoms with Crippen molar-refractivity contribution in [1.82, 2.24) is 10.3 Å². The molecule has 0 aliphatic heterocycles. The number of aromatic amines is 1. The molecule has 1 heterocycles. The molecule has 2 aliphatic carbocycles. The fourth-order valence-electron chi connectivity index (χ4n) is 4.99. The summed E-state index contributed by atoms with van der Waals surface area (Å²) in [5, 5.41) is 4.15. The van der Waals surface area contributed by atoms with Crippen LogP contribution in [0.5, 0.6) is 11.5 Å². The van der Waals surface area contributed by atoms with E-state index in [1.54, 1.807) is 14.2 Å². The summed E-state index contributed by atoms with van der Waals surface area (Å²) in [4.78, 5) is 15.9. The van der Waals surface area contributed by atoms with Crippen LogP contribution in [0.1, 0.15) is 31.4 Å². The summed E-state index contributed by atoms with van der Waals surface area (Å²) in [6.45, 7) is 0.676. The molecule has 146 valence electrons. The Hall–Kier alpha value is -2.21. The monoisotopic (exact) mass is 371 g/mol. The van der Waals surface area contributed by atoms with E-state index in [0.717, 1.165) is 53.8 Å². The molecule has 4 unspecified atom stereocenters. The summed E-state index contributed by atoms with van der Waals surface area (Å²) in [6, 6.07) is 6.03. The zero-order valence-electron chi connectivity index (χ0n) is 16.1. The molecule has 4 N–H and O–H groups in total. The van der Waals surface area contributed by atoms with Crippen molar-refractivity contribution in [2.24, 2.45) is 23.5 Å². The molecule has 2 aliphatic rings. The first kappa shape index (κ1) is 18.2. The number of aryl methyl sites for hydroxylation is 1. The van der Waals surface area contributed by atoms with Gasteiger partial charge in [-0.25, -0.2) is 0 Å². The molecule has 4 rings (SSSR count). The SMILES string of the molecule is COc1cc(OC)c2cc(CCCNC(=O)C3C4CCC(C4)C3N)[nH]c2c1. The van der Waals surface area contributed by atoms with Crippen LogP contribution in [0, 0.1) is 17.8 Å². The van der Waals surface area contributed by atoms with Crippen LogP contribution in [0.2, 0.25) is 0 Å². The minimum Gasteiger partial charge on any atom is -0.497 e. The van der Waals surface area contributed by atoms with Gasteiger partial charge in [0.15, 0.2) is 0 Å². The normalized spacial score (nSPS) is 26.5. The van der Waals surface area contributed by atoms with E-state index in [0.29, 0.717) is 18.4 Å². The molecule has 2 fully saturated rings. The van der Waals surface area contributed by atoms with Crippen LogP contribution in [0.4, 0.5) is 0 Å². The lowest BCUT2D eigenvalue weighted by molar-refractivity contribution is -0.127. The second-order valence-electron chi connectivity index (χ2n) is 7.92. The molecule has 1 amide bonds. The Morgan fingerprint density at radius 1 is 1.22 bits per heavy atom. The highest BCUT2D eigenvalue weighted by Gasteiger charge is 2.48. The lowest BCUT2D eigenvalue weighted by Crippen LogP contribution is -2.45. The van der Waals surface area contributed by atoms with Crippen molar-refractivity contribution in [3.8, 4) is 11.5 Å². The smallest absolute Gasteiger partial charge is 0.224 e. The van der Waals surface area contributed by atoms with Gasteiger partial charge in [0.2, 0.25) is 5.91 Å². The maximum atomic E-state index is 12.5. The van der Waals surface area contributed by atoms with Crippen LogP contribution < -0.4 is 20.5 Å². The molecule has 27 heavy (non-hydrogen) atoms. The van der Waals surface area contributed by atoms with Crippen molar-refractivity contribution in [3.63, 3.8) is 0 Å². The molecule has 2 saturated carbocycles. The van der Waals surface area contributed by atoms with E-state index in [1.807, 2.05) is 12.1 Å². The zero-order valence-corrected chi connectivity index (χ0v) is 16.1. The molecule has 2 aromatic rings. The van der Waals surface area contributed by atoms with Gasteiger partial charge in [-0.2, -0.15) is 0 Å².